The van der Waals surface area contributed by atoms with Crippen molar-refractivity contribution in [1.29, 1.82) is 0 Å². The van der Waals surface area contributed by atoms with Crippen LogP contribution in [-0.2, 0) is 0 Å². The van der Waals surface area contributed by atoms with Gasteiger partial charge in [-0.3, -0.25) is 4.79 Å². The van der Waals surface area contributed by atoms with Crippen LogP contribution in [0, 0.1) is 0 Å². The molecule has 4 nitrogen and oxygen atoms in total. The van der Waals surface area contributed by atoms with Gasteiger partial charge in [-0.1, -0.05) is 6.07 Å². The van der Waals surface area contributed by atoms with Crippen molar-refractivity contribution in [2.75, 3.05) is 5.32 Å². The van der Waals surface area contributed by atoms with Crippen molar-refractivity contribution in [3.8, 4) is 0 Å². The molecule has 1 N–H and O–H groups in total. The van der Waals surface area contributed by atoms with Crippen LogP contribution in [0.5, 0.6) is 0 Å². The van der Waals surface area contributed by atoms with E-state index in [1.165, 1.54) is 0 Å². The normalized spacial score (nSPS) is 10.0. The Labute approximate surface area is 115 Å². The van der Waals surface area contributed by atoms with E-state index in [0.29, 0.717) is 20.6 Å². The third-order valence-corrected chi connectivity index (χ3v) is 3.03. The summed E-state index contributed by atoms with van der Waals surface area (Å²) >= 11 is 6.47. The Bertz CT molecular complexity index is 560. The summed E-state index contributed by atoms with van der Waals surface area (Å²) < 4.78 is 1.21. The van der Waals surface area contributed by atoms with Crippen molar-refractivity contribution in [3.63, 3.8) is 0 Å². The fraction of sp³-hybridized carbons (Fsp3) is 0. The van der Waals surface area contributed by atoms with E-state index in [-0.39, 0.29) is 5.91 Å². The molecule has 0 unspecified atom stereocenters. The Morgan fingerprint density at radius 2 is 2.00 bits per heavy atom. The van der Waals surface area contributed by atoms with Gasteiger partial charge in [0.05, 0.1) is 5.69 Å². The maximum atomic E-state index is 11.9. The molecule has 86 valence electrons. The maximum absolute atomic E-state index is 11.9. The predicted molar refractivity (Wildman–Crippen MR) is 71.8 cm³/mol. The minimum atomic E-state index is -0.278. The molecule has 2 aromatic heterocycles. The summed E-state index contributed by atoms with van der Waals surface area (Å²) in [5.41, 5.74) is 0.953. The first-order valence-corrected chi connectivity index (χ1v) is 6.30. The molecule has 17 heavy (non-hydrogen) atoms. The summed E-state index contributed by atoms with van der Waals surface area (Å²) in [6.07, 6.45) is 1.64. The smallest absolute Gasteiger partial charge is 0.274 e. The predicted octanol–water partition coefficient (Wildman–Crippen LogP) is 3.25. The lowest BCUT2D eigenvalue weighted by molar-refractivity contribution is 0.102. The highest BCUT2D eigenvalue weighted by molar-refractivity contribution is 9.10. The molecule has 0 radical (unpaired) electrons. The monoisotopic (exact) mass is 355 g/mol. The summed E-state index contributed by atoms with van der Waals surface area (Å²) in [5.74, 6) is -0.278. The van der Waals surface area contributed by atoms with Gasteiger partial charge in [0.1, 0.15) is 14.9 Å². The number of hydrogen-bond donors (Lipinski definition) is 1. The number of rotatable bonds is 2. The van der Waals surface area contributed by atoms with Gasteiger partial charge in [0.25, 0.3) is 5.91 Å². The Hall–Kier alpha value is -1.27. The number of nitrogens with zero attached hydrogens (tertiary/aromatic N) is 2. The van der Waals surface area contributed by atoms with E-state index >= 15 is 0 Å². The van der Waals surface area contributed by atoms with E-state index in [1.54, 1.807) is 36.5 Å². The molecule has 0 fully saturated rings. The number of halogens is 2. The van der Waals surface area contributed by atoms with E-state index in [4.69, 9.17) is 0 Å². The highest BCUT2D eigenvalue weighted by atomic mass is 79.9. The Kier molecular flexibility index (Phi) is 3.86. The van der Waals surface area contributed by atoms with E-state index in [9.17, 15) is 4.79 Å². The van der Waals surface area contributed by atoms with Crippen molar-refractivity contribution < 1.29 is 4.79 Å². The molecule has 0 aliphatic carbocycles. The summed E-state index contributed by atoms with van der Waals surface area (Å²) in [5, 5.41) is 2.72. The third-order valence-electron chi connectivity index (χ3n) is 1.96. The number of hydrogen-bond acceptors (Lipinski definition) is 3. The number of nitrogens with one attached hydrogen (secondary N) is 1. The Balaban J connectivity index is 2.20. The maximum Gasteiger partial charge on any atom is 0.274 e. The van der Waals surface area contributed by atoms with Gasteiger partial charge in [-0.05, 0) is 56.1 Å². The molecule has 0 saturated carbocycles. The molecule has 0 saturated heterocycles. The third kappa shape index (κ3) is 3.10. The minimum Gasteiger partial charge on any atom is -0.318 e. The second-order valence-electron chi connectivity index (χ2n) is 3.14. The lowest BCUT2D eigenvalue weighted by atomic mass is 10.3. The van der Waals surface area contributed by atoms with Crippen LogP contribution in [0.1, 0.15) is 10.5 Å². The first-order chi connectivity index (χ1) is 8.16. The molecule has 2 aromatic rings. The molecule has 1 amide bonds. The number of carbonyl (C=O) groups is 1. The van der Waals surface area contributed by atoms with Crippen LogP contribution in [0.3, 0.4) is 0 Å². The quantitative estimate of drug-likeness (QED) is 0.840. The lowest BCUT2D eigenvalue weighted by Gasteiger charge is -2.05. The van der Waals surface area contributed by atoms with Crippen molar-refractivity contribution >= 4 is 43.5 Å². The van der Waals surface area contributed by atoms with E-state index in [0.717, 1.165) is 0 Å². The largest absolute Gasteiger partial charge is 0.318 e. The zero-order chi connectivity index (χ0) is 12.3. The first kappa shape index (κ1) is 12.2. The standard InChI is InChI=1S/C11H7Br2N3O/c12-9-5-1-3-8(15-9)11(17)16-7-4-2-6-14-10(7)13/h1-6H,(H,16,17). The van der Waals surface area contributed by atoms with Crippen LogP contribution in [-0.4, -0.2) is 15.9 Å². The Morgan fingerprint density at radius 3 is 2.71 bits per heavy atom. The topological polar surface area (TPSA) is 54.9 Å². The molecular weight excluding hydrogens is 350 g/mol. The second kappa shape index (κ2) is 5.37. The lowest BCUT2D eigenvalue weighted by Crippen LogP contribution is -2.14. The molecule has 0 aromatic carbocycles. The molecule has 0 bridgehead atoms. The zero-order valence-electron chi connectivity index (χ0n) is 8.52. The van der Waals surface area contributed by atoms with Gasteiger partial charge in [0, 0.05) is 6.20 Å². The Morgan fingerprint density at radius 1 is 1.18 bits per heavy atom. The van der Waals surface area contributed by atoms with Crippen LogP contribution in [0.2, 0.25) is 0 Å². The molecule has 0 aliphatic rings. The van der Waals surface area contributed by atoms with Crippen molar-refractivity contribution in [2.24, 2.45) is 0 Å². The number of pyridine rings is 2. The van der Waals surface area contributed by atoms with Gasteiger partial charge in [0.15, 0.2) is 0 Å². The van der Waals surface area contributed by atoms with E-state index in [1.807, 2.05) is 0 Å². The number of aromatic nitrogens is 2. The van der Waals surface area contributed by atoms with Crippen LogP contribution < -0.4 is 5.32 Å². The molecule has 2 heterocycles. The van der Waals surface area contributed by atoms with Crippen molar-refractivity contribution in [3.05, 3.63) is 51.4 Å². The number of amides is 1. The summed E-state index contributed by atoms with van der Waals surface area (Å²) in [6, 6.07) is 8.66. The van der Waals surface area contributed by atoms with E-state index < -0.39 is 0 Å². The van der Waals surface area contributed by atoms with Gasteiger partial charge in [0.2, 0.25) is 0 Å². The van der Waals surface area contributed by atoms with Crippen molar-refractivity contribution in [2.45, 2.75) is 0 Å². The zero-order valence-corrected chi connectivity index (χ0v) is 11.7. The first-order valence-electron chi connectivity index (χ1n) is 4.71. The highest BCUT2D eigenvalue weighted by Gasteiger charge is 2.09. The molecular formula is C11H7Br2N3O. The average molecular weight is 357 g/mol. The summed E-state index contributed by atoms with van der Waals surface area (Å²) in [4.78, 5) is 20.0. The SMILES string of the molecule is O=C(Nc1cccnc1Br)c1cccc(Br)n1. The minimum absolute atomic E-state index is 0.278. The van der Waals surface area contributed by atoms with E-state index in [2.05, 4.69) is 47.1 Å². The van der Waals surface area contributed by atoms with Crippen LogP contribution in [0.4, 0.5) is 5.69 Å². The van der Waals surface area contributed by atoms with Gasteiger partial charge in [-0.15, -0.1) is 0 Å². The molecule has 0 atom stereocenters. The van der Waals surface area contributed by atoms with Crippen LogP contribution in [0.15, 0.2) is 45.7 Å². The van der Waals surface area contributed by atoms with Crippen molar-refractivity contribution in [1.82, 2.24) is 9.97 Å². The van der Waals surface area contributed by atoms with Gasteiger partial charge in [-0.2, -0.15) is 0 Å². The molecule has 2 rings (SSSR count). The number of anilines is 1. The fourth-order valence-corrected chi connectivity index (χ4v) is 1.89. The molecule has 0 aliphatic heterocycles. The second-order valence-corrected chi connectivity index (χ2v) is 4.71. The molecule has 0 spiro atoms. The van der Waals surface area contributed by atoms with Crippen LogP contribution >= 0.6 is 31.9 Å². The van der Waals surface area contributed by atoms with Crippen LogP contribution in [0.25, 0.3) is 0 Å². The average Bonchev–Trinajstić information content (AvgIpc) is 2.32. The fourth-order valence-electron chi connectivity index (χ4n) is 1.20. The summed E-state index contributed by atoms with van der Waals surface area (Å²) in [6.45, 7) is 0. The highest BCUT2D eigenvalue weighted by Crippen LogP contribution is 2.19. The molecule has 6 heteroatoms. The van der Waals surface area contributed by atoms with Gasteiger partial charge < -0.3 is 5.32 Å². The van der Waals surface area contributed by atoms with Gasteiger partial charge >= 0.3 is 0 Å². The summed E-state index contributed by atoms with van der Waals surface area (Å²) in [7, 11) is 0. The number of carbonyl (C=O) groups excluding carboxylic acids is 1. The van der Waals surface area contributed by atoms with Gasteiger partial charge in [-0.25, -0.2) is 9.97 Å².